The smallest absolute Gasteiger partial charge is 0.233 e. The summed E-state index contributed by atoms with van der Waals surface area (Å²) in [6.45, 7) is 2.12. The Labute approximate surface area is 87.1 Å². The largest absolute Gasteiger partial charge is 0.355 e. The van der Waals surface area contributed by atoms with Crippen LogP contribution in [0.15, 0.2) is 0 Å². The topological polar surface area (TPSA) is 63.2 Å². The highest BCUT2D eigenvalue weighted by Gasteiger charge is 2.07. The third-order valence-corrected chi connectivity index (χ3v) is 2.80. The van der Waals surface area contributed by atoms with E-state index in [2.05, 4.69) is 21.2 Å². The molecule has 6 heteroatoms. The van der Waals surface area contributed by atoms with E-state index in [1.165, 1.54) is 6.26 Å². The molecule has 1 N–H and O–H groups in total. The summed E-state index contributed by atoms with van der Waals surface area (Å²) in [6.07, 6.45) is 1.65. The minimum Gasteiger partial charge on any atom is -0.355 e. The van der Waals surface area contributed by atoms with Crippen LogP contribution in [0, 0.1) is 0 Å². The summed E-state index contributed by atoms with van der Waals surface area (Å²) >= 11 is 3.10. The lowest BCUT2D eigenvalue weighted by Gasteiger charge is -2.05. The molecule has 78 valence electrons. The predicted molar refractivity (Wildman–Crippen MR) is 55.7 cm³/mol. The summed E-state index contributed by atoms with van der Waals surface area (Å²) in [7, 11) is -2.91. The Bertz CT molecular complexity index is 261. The number of sulfone groups is 1. The van der Waals surface area contributed by atoms with Crippen LogP contribution in [0.2, 0.25) is 0 Å². The normalized spacial score (nSPS) is 13.8. The summed E-state index contributed by atoms with van der Waals surface area (Å²) in [5.74, 6) is -0.00210. The summed E-state index contributed by atoms with van der Waals surface area (Å²) in [6, 6.07) is 0. The number of nitrogens with one attached hydrogen (secondary N) is 1. The van der Waals surface area contributed by atoms with Crippen LogP contribution in [0.3, 0.4) is 0 Å². The van der Waals surface area contributed by atoms with Crippen LogP contribution in [0.1, 0.15) is 13.3 Å². The highest BCUT2D eigenvalue weighted by molar-refractivity contribution is 9.10. The fourth-order valence-electron chi connectivity index (χ4n) is 0.687. The Kier molecular flexibility index (Phi) is 5.55. The summed E-state index contributed by atoms with van der Waals surface area (Å²) < 4.78 is 21.4. The van der Waals surface area contributed by atoms with Crippen molar-refractivity contribution in [2.24, 2.45) is 0 Å². The van der Waals surface area contributed by atoms with Gasteiger partial charge in [0.2, 0.25) is 5.91 Å². The Hall–Kier alpha value is -0.100. The van der Waals surface area contributed by atoms with Crippen molar-refractivity contribution in [1.29, 1.82) is 0 Å². The van der Waals surface area contributed by atoms with Gasteiger partial charge in [-0.25, -0.2) is 8.42 Å². The van der Waals surface area contributed by atoms with Gasteiger partial charge >= 0.3 is 0 Å². The second kappa shape index (κ2) is 5.59. The maximum Gasteiger partial charge on any atom is 0.233 e. The van der Waals surface area contributed by atoms with E-state index >= 15 is 0 Å². The summed E-state index contributed by atoms with van der Waals surface area (Å²) in [5.41, 5.74) is 0. The van der Waals surface area contributed by atoms with Gasteiger partial charge < -0.3 is 5.32 Å². The number of amides is 1. The predicted octanol–water partition coefficient (Wildman–Crippen LogP) is 0.321. The van der Waals surface area contributed by atoms with Gasteiger partial charge in [-0.15, -0.1) is 0 Å². The van der Waals surface area contributed by atoms with E-state index in [1.54, 1.807) is 6.92 Å². The van der Waals surface area contributed by atoms with Crippen LogP contribution in [-0.2, 0) is 14.6 Å². The van der Waals surface area contributed by atoms with Gasteiger partial charge in [-0.3, -0.25) is 4.79 Å². The fourth-order valence-corrected chi connectivity index (χ4v) is 1.52. The highest BCUT2D eigenvalue weighted by atomic mass is 79.9. The van der Waals surface area contributed by atoms with Crippen LogP contribution in [0.25, 0.3) is 0 Å². The minimum absolute atomic E-state index is 0.115. The maximum absolute atomic E-state index is 11.0. The van der Waals surface area contributed by atoms with Crippen LogP contribution >= 0.6 is 15.9 Å². The minimum atomic E-state index is -2.91. The first-order valence-corrected chi connectivity index (χ1v) is 6.90. The van der Waals surface area contributed by atoms with E-state index in [0.717, 1.165) is 0 Å². The van der Waals surface area contributed by atoms with E-state index in [-0.39, 0.29) is 16.5 Å². The lowest BCUT2D eigenvalue weighted by Crippen LogP contribution is -2.30. The molecule has 0 aliphatic carbocycles. The standard InChI is InChI=1S/C7H14BrNO3S/c1-6(8)7(10)9-4-3-5-13(2,11)12/h6H,3-5H2,1-2H3,(H,9,10). The van der Waals surface area contributed by atoms with Crippen molar-refractivity contribution in [3.8, 4) is 0 Å². The molecular formula is C7H14BrNO3S. The van der Waals surface area contributed by atoms with Crippen molar-refractivity contribution in [3.63, 3.8) is 0 Å². The van der Waals surface area contributed by atoms with E-state index in [1.807, 2.05) is 0 Å². The second-order valence-corrected chi connectivity index (χ2v) is 6.52. The number of hydrogen-bond acceptors (Lipinski definition) is 3. The molecule has 0 fully saturated rings. The summed E-state index contributed by atoms with van der Waals surface area (Å²) in [4.78, 5) is 10.7. The molecule has 0 rings (SSSR count). The van der Waals surface area contributed by atoms with E-state index in [4.69, 9.17) is 0 Å². The molecule has 0 saturated heterocycles. The Morgan fingerprint density at radius 1 is 1.54 bits per heavy atom. The molecule has 0 aliphatic heterocycles. The zero-order chi connectivity index (χ0) is 10.5. The van der Waals surface area contributed by atoms with E-state index < -0.39 is 9.84 Å². The van der Waals surface area contributed by atoms with Crippen LogP contribution < -0.4 is 5.32 Å². The van der Waals surface area contributed by atoms with E-state index in [9.17, 15) is 13.2 Å². The number of hydrogen-bond donors (Lipinski definition) is 1. The molecule has 4 nitrogen and oxygen atoms in total. The van der Waals surface area contributed by atoms with Gasteiger partial charge in [0.15, 0.2) is 0 Å². The molecule has 0 aromatic rings. The molecular weight excluding hydrogens is 258 g/mol. The van der Waals surface area contributed by atoms with Crippen LogP contribution in [-0.4, -0.2) is 37.7 Å². The Balaban J connectivity index is 3.53. The number of halogens is 1. The Morgan fingerprint density at radius 3 is 2.46 bits per heavy atom. The van der Waals surface area contributed by atoms with Crippen molar-refractivity contribution < 1.29 is 13.2 Å². The molecule has 0 aliphatic rings. The first-order chi connectivity index (χ1) is 5.83. The number of rotatable bonds is 5. The SMILES string of the molecule is CC(Br)C(=O)NCCCS(C)(=O)=O. The molecule has 13 heavy (non-hydrogen) atoms. The molecule has 0 aromatic carbocycles. The van der Waals surface area contributed by atoms with Gasteiger partial charge in [0.25, 0.3) is 0 Å². The quantitative estimate of drug-likeness (QED) is 0.579. The molecule has 1 amide bonds. The van der Waals surface area contributed by atoms with Crippen molar-refractivity contribution in [1.82, 2.24) is 5.32 Å². The first-order valence-electron chi connectivity index (χ1n) is 3.92. The zero-order valence-electron chi connectivity index (χ0n) is 7.71. The van der Waals surface area contributed by atoms with Gasteiger partial charge in [0.05, 0.1) is 10.6 Å². The molecule has 0 bridgehead atoms. The molecule has 0 spiro atoms. The number of alkyl halides is 1. The molecule has 1 unspecified atom stereocenters. The monoisotopic (exact) mass is 271 g/mol. The van der Waals surface area contributed by atoms with Gasteiger partial charge in [-0.2, -0.15) is 0 Å². The highest BCUT2D eigenvalue weighted by Crippen LogP contribution is 1.96. The van der Waals surface area contributed by atoms with Crippen LogP contribution in [0.4, 0.5) is 0 Å². The van der Waals surface area contributed by atoms with Crippen molar-refractivity contribution in [2.75, 3.05) is 18.6 Å². The third kappa shape index (κ3) is 8.24. The molecule has 0 radical (unpaired) electrons. The van der Waals surface area contributed by atoms with Crippen molar-refractivity contribution in [2.45, 2.75) is 18.2 Å². The lowest BCUT2D eigenvalue weighted by atomic mass is 10.4. The molecule has 0 saturated carbocycles. The first kappa shape index (κ1) is 12.9. The second-order valence-electron chi connectivity index (χ2n) is 2.89. The average molecular weight is 272 g/mol. The molecule has 0 aromatic heterocycles. The van der Waals surface area contributed by atoms with Crippen LogP contribution in [0.5, 0.6) is 0 Å². The summed E-state index contributed by atoms with van der Waals surface area (Å²) in [5, 5.41) is 2.60. The third-order valence-electron chi connectivity index (χ3n) is 1.35. The molecule has 1 atom stereocenters. The van der Waals surface area contributed by atoms with Crippen molar-refractivity contribution >= 4 is 31.7 Å². The fraction of sp³-hybridized carbons (Fsp3) is 0.857. The average Bonchev–Trinajstić information content (AvgIpc) is 1.95. The van der Waals surface area contributed by atoms with Gasteiger partial charge in [-0.1, -0.05) is 15.9 Å². The van der Waals surface area contributed by atoms with Crippen molar-refractivity contribution in [3.05, 3.63) is 0 Å². The molecule has 0 heterocycles. The number of carbonyl (C=O) groups is 1. The zero-order valence-corrected chi connectivity index (χ0v) is 10.1. The number of carbonyl (C=O) groups excluding carboxylic acids is 1. The maximum atomic E-state index is 11.0. The van der Waals surface area contributed by atoms with E-state index in [0.29, 0.717) is 13.0 Å². The Morgan fingerprint density at radius 2 is 2.08 bits per heavy atom. The van der Waals surface area contributed by atoms with Gasteiger partial charge in [0.1, 0.15) is 9.84 Å². The lowest BCUT2D eigenvalue weighted by molar-refractivity contribution is -0.120. The van der Waals surface area contributed by atoms with Gasteiger partial charge in [0, 0.05) is 12.8 Å². The van der Waals surface area contributed by atoms with Gasteiger partial charge in [-0.05, 0) is 13.3 Å².